The lowest BCUT2D eigenvalue weighted by Gasteiger charge is -2.08. The van der Waals surface area contributed by atoms with E-state index in [4.69, 9.17) is 4.52 Å². The highest BCUT2D eigenvalue weighted by atomic mass is 32.1. The molecule has 0 fully saturated rings. The molecule has 0 spiro atoms. The molecule has 1 amide bonds. The molecule has 0 bridgehead atoms. The van der Waals surface area contributed by atoms with Gasteiger partial charge in [0.1, 0.15) is 0 Å². The third kappa shape index (κ3) is 3.14. The fraction of sp³-hybridized carbons (Fsp3) is 0.111. The second-order valence-electron chi connectivity index (χ2n) is 5.52. The number of aryl methyl sites for hydroxylation is 1. The molecule has 0 atom stereocenters. The molecular formula is C18H14N4O2S. The van der Waals surface area contributed by atoms with Gasteiger partial charge in [-0.1, -0.05) is 29.4 Å². The van der Waals surface area contributed by atoms with Crippen molar-refractivity contribution in [1.82, 2.24) is 20.4 Å². The molecule has 3 aromatic heterocycles. The van der Waals surface area contributed by atoms with Gasteiger partial charge in [0.25, 0.3) is 0 Å². The summed E-state index contributed by atoms with van der Waals surface area (Å²) in [4.78, 5) is 21.8. The number of nitrogens with zero attached hydrogens (tertiary/aromatic N) is 3. The minimum absolute atomic E-state index is 0.0431. The number of aromatic nitrogens is 3. The number of hydrogen-bond donors (Lipinski definition) is 1. The van der Waals surface area contributed by atoms with Gasteiger partial charge in [0, 0.05) is 17.6 Å². The second-order valence-corrected chi connectivity index (χ2v) is 6.47. The summed E-state index contributed by atoms with van der Waals surface area (Å²) in [5.41, 5.74) is 2.81. The van der Waals surface area contributed by atoms with Crippen LogP contribution >= 0.6 is 11.3 Å². The van der Waals surface area contributed by atoms with Crippen LogP contribution in [0.5, 0.6) is 0 Å². The Labute approximate surface area is 147 Å². The Bertz CT molecular complexity index is 1040. The van der Waals surface area contributed by atoms with Crippen molar-refractivity contribution in [2.75, 3.05) is 0 Å². The molecule has 0 radical (unpaired) electrons. The molecule has 1 aromatic carbocycles. The highest BCUT2D eigenvalue weighted by Crippen LogP contribution is 2.21. The first kappa shape index (κ1) is 15.5. The third-order valence-electron chi connectivity index (χ3n) is 3.73. The van der Waals surface area contributed by atoms with E-state index in [1.54, 1.807) is 0 Å². The average molecular weight is 350 g/mol. The maximum absolute atomic E-state index is 12.3. The van der Waals surface area contributed by atoms with Crippen LogP contribution in [0.3, 0.4) is 0 Å². The number of thiophene rings is 1. The summed E-state index contributed by atoms with van der Waals surface area (Å²) in [7, 11) is 0. The van der Waals surface area contributed by atoms with Gasteiger partial charge in [0.2, 0.25) is 5.82 Å². The lowest BCUT2D eigenvalue weighted by Crippen LogP contribution is -2.23. The van der Waals surface area contributed by atoms with Crippen LogP contribution in [0, 0.1) is 6.92 Å². The summed E-state index contributed by atoms with van der Waals surface area (Å²) < 4.78 is 5.07. The molecular weight excluding hydrogens is 336 g/mol. The van der Waals surface area contributed by atoms with Crippen LogP contribution in [0.25, 0.3) is 21.6 Å². The first-order valence-corrected chi connectivity index (χ1v) is 8.60. The van der Waals surface area contributed by atoms with Crippen molar-refractivity contribution < 1.29 is 9.32 Å². The SMILES string of the molecule is Cc1cc(CNC(=O)c2nc(-c3cccs3)no2)c2ccccc2n1. The summed E-state index contributed by atoms with van der Waals surface area (Å²) in [6.07, 6.45) is 0. The van der Waals surface area contributed by atoms with Crippen molar-refractivity contribution >= 4 is 28.1 Å². The number of nitrogens with one attached hydrogen (secondary N) is 1. The number of carbonyl (C=O) groups is 1. The van der Waals surface area contributed by atoms with E-state index in [0.29, 0.717) is 12.4 Å². The molecule has 0 saturated carbocycles. The molecule has 1 N–H and O–H groups in total. The lowest BCUT2D eigenvalue weighted by atomic mass is 10.1. The van der Waals surface area contributed by atoms with E-state index in [1.165, 1.54) is 11.3 Å². The van der Waals surface area contributed by atoms with E-state index >= 15 is 0 Å². The van der Waals surface area contributed by atoms with E-state index in [1.807, 2.05) is 54.8 Å². The lowest BCUT2D eigenvalue weighted by molar-refractivity contribution is 0.0907. The molecule has 4 rings (SSSR count). The third-order valence-corrected chi connectivity index (χ3v) is 4.60. The van der Waals surface area contributed by atoms with Gasteiger partial charge in [0.05, 0.1) is 10.4 Å². The second kappa shape index (κ2) is 6.45. The number of carbonyl (C=O) groups excluding carboxylic acids is 1. The Morgan fingerprint density at radius 2 is 2.08 bits per heavy atom. The molecule has 0 aliphatic carbocycles. The van der Waals surface area contributed by atoms with Gasteiger partial charge in [-0.25, -0.2) is 0 Å². The van der Waals surface area contributed by atoms with Crippen LogP contribution in [-0.4, -0.2) is 21.0 Å². The number of para-hydroxylation sites is 1. The minimum Gasteiger partial charge on any atom is -0.344 e. The van der Waals surface area contributed by atoms with Gasteiger partial charge >= 0.3 is 11.8 Å². The van der Waals surface area contributed by atoms with Crippen LogP contribution in [0.2, 0.25) is 0 Å². The monoisotopic (exact) mass is 350 g/mol. The zero-order chi connectivity index (χ0) is 17.2. The Morgan fingerprint density at radius 1 is 1.20 bits per heavy atom. The Kier molecular flexibility index (Phi) is 3.99. The Hall–Kier alpha value is -3.06. The summed E-state index contributed by atoms with van der Waals surface area (Å²) in [6, 6.07) is 13.6. The number of benzene rings is 1. The molecule has 25 heavy (non-hydrogen) atoms. The van der Waals surface area contributed by atoms with Crippen molar-refractivity contribution in [2.45, 2.75) is 13.5 Å². The van der Waals surface area contributed by atoms with Gasteiger partial charge in [-0.3, -0.25) is 9.78 Å². The van der Waals surface area contributed by atoms with Gasteiger partial charge in [-0.15, -0.1) is 11.3 Å². The fourth-order valence-corrected chi connectivity index (χ4v) is 3.26. The number of fused-ring (bicyclic) bond motifs is 1. The predicted octanol–water partition coefficient (Wildman–Crippen LogP) is 3.58. The highest BCUT2D eigenvalue weighted by molar-refractivity contribution is 7.13. The number of pyridine rings is 1. The maximum atomic E-state index is 12.3. The fourth-order valence-electron chi connectivity index (χ4n) is 2.61. The highest BCUT2D eigenvalue weighted by Gasteiger charge is 2.16. The Morgan fingerprint density at radius 3 is 2.92 bits per heavy atom. The quantitative estimate of drug-likeness (QED) is 0.608. The standard InChI is InChI=1S/C18H14N4O2S/c1-11-9-12(13-5-2-3-6-14(13)20-11)10-19-17(23)18-21-16(22-24-18)15-7-4-8-25-15/h2-9H,10H2,1H3,(H,19,23). The molecule has 0 aliphatic rings. The first-order chi connectivity index (χ1) is 12.2. The van der Waals surface area contributed by atoms with E-state index < -0.39 is 5.91 Å². The summed E-state index contributed by atoms with van der Waals surface area (Å²) in [6.45, 7) is 2.29. The molecule has 7 heteroatoms. The van der Waals surface area contributed by atoms with Crippen molar-refractivity contribution in [3.63, 3.8) is 0 Å². The summed E-state index contributed by atoms with van der Waals surface area (Å²) in [5, 5.41) is 9.62. The molecule has 124 valence electrons. The van der Waals surface area contributed by atoms with Crippen LogP contribution in [0.4, 0.5) is 0 Å². The van der Waals surface area contributed by atoms with Crippen molar-refractivity contribution in [2.24, 2.45) is 0 Å². The van der Waals surface area contributed by atoms with Crippen molar-refractivity contribution in [1.29, 1.82) is 0 Å². The molecule has 6 nitrogen and oxygen atoms in total. The molecule has 4 aromatic rings. The summed E-state index contributed by atoms with van der Waals surface area (Å²) >= 11 is 1.49. The van der Waals surface area contributed by atoms with E-state index in [2.05, 4.69) is 20.4 Å². The predicted molar refractivity (Wildman–Crippen MR) is 95.3 cm³/mol. The Balaban J connectivity index is 1.53. The van der Waals surface area contributed by atoms with Crippen LogP contribution in [-0.2, 0) is 6.54 Å². The topological polar surface area (TPSA) is 80.9 Å². The van der Waals surface area contributed by atoms with E-state index in [0.717, 1.165) is 27.0 Å². The van der Waals surface area contributed by atoms with Gasteiger partial charge in [-0.2, -0.15) is 4.98 Å². The smallest absolute Gasteiger partial charge is 0.316 e. The zero-order valence-electron chi connectivity index (χ0n) is 13.4. The number of rotatable bonds is 4. The number of amides is 1. The first-order valence-electron chi connectivity index (χ1n) is 7.72. The molecule has 0 unspecified atom stereocenters. The van der Waals surface area contributed by atoms with Gasteiger partial charge in [0.15, 0.2) is 0 Å². The van der Waals surface area contributed by atoms with Crippen LogP contribution in [0.1, 0.15) is 21.9 Å². The van der Waals surface area contributed by atoms with Crippen LogP contribution < -0.4 is 5.32 Å². The molecule has 0 saturated heterocycles. The van der Waals surface area contributed by atoms with Gasteiger partial charge < -0.3 is 9.84 Å². The minimum atomic E-state index is -0.395. The maximum Gasteiger partial charge on any atom is 0.316 e. The largest absolute Gasteiger partial charge is 0.344 e. The average Bonchev–Trinajstić information content (AvgIpc) is 3.30. The molecule has 3 heterocycles. The van der Waals surface area contributed by atoms with Crippen LogP contribution in [0.15, 0.2) is 52.4 Å². The van der Waals surface area contributed by atoms with Crippen molar-refractivity contribution in [3.05, 3.63) is 65.0 Å². The van der Waals surface area contributed by atoms with Gasteiger partial charge in [-0.05, 0) is 36.1 Å². The van der Waals surface area contributed by atoms with E-state index in [-0.39, 0.29) is 5.89 Å². The van der Waals surface area contributed by atoms with Crippen molar-refractivity contribution in [3.8, 4) is 10.7 Å². The summed E-state index contributed by atoms with van der Waals surface area (Å²) in [5.74, 6) is -0.0160. The number of hydrogen-bond acceptors (Lipinski definition) is 6. The zero-order valence-corrected chi connectivity index (χ0v) is 14.2. The molecule has 0 aliphatic heterocycles. The van der Waals surface area contributed by atoms with E-state index in [9.17, 15) is 4.79 Å². The normalized spacial score (nSPS) is 10.9.